The molecule has 3 rings (SSSR count). The van der Waals surface area contributed by atoms with Gasteiger partial charge < -0.3 is 4.98 Å². The molecule has 0 atom stereocenters. The quantitative estimate of drug-likeness (QED) is 0.687. The lowest BCUT2D eigenvalue weighted by Crippen LogP contribution is -1.82. The Morgan fingerprint density at radius 3 is 2.50 bits per heavy atom. The molecule has 0 spiro atoms. The molecule has 0 saturated heterocycles. The van der Waals surface area contributed by atoms with E-state index in [9.17, 15) is 5.26 Å². The predicted molar refractivity (Wildman–Crippen MR) is 73.5 cm³/mol. The lowest BCUT2D eigenvalue weighted by Gasteiger charge is -2.01. The standard InChI is InChI=1S/C15H9ClN2/c16-13-7-3-1-6-11(13)15-12(9-17)10-5-2-4-8-14(10)18-15/h1-8,18H. The minimum Gasteiger partial charge on any atom is -0.353 e. The highest BCUT2D eigenvalue weighted by Crippen LogP contribution is 2.33. The number of fused-ring (bicyclic) bond motifs is 1. The van der Waals surface area contributed by atoms with Gasteiger partial charge in [0.2, 0.25) is 0 Å². The Morgan fingerprint density at radius 2 is 1.72 bits per heavy atom. The minimum absolute atomic E-state index is 0.638. The van der Waals surface area contributed by atoms with E-state index >= 15 is 0 Å². The monoisotopic (exact) mass is 252 g/mol. The SMILES string of the molecule is N#Cc1c(-c2ccccc2Cl)[nH]c2ccccc12. The third-order valence-corrected chi connectivity index (χ3v) is 3.29. The molecule has 0 aliphatic heterocycles. The van der Waals surface area contributed by atoms with Gasteiger partial charge in [0.15, 0.2) is 0 Å². The van der Waals surface area contributed by atoms with Crippen molar-refractivity contribution in [2.24, 2.45) is 0 Å². The van der Waals surface area contributed by atoms with Crippen LogP contribution >= 0.6 is 11.6 Å². The average Bonchev–Trinajstić information content (AvgIpc) is 2.77. The number of para-hydroxylation sites is 1. The molecule has 0 bridgehead atoms. The summed E-state index contributed by atoms with van der Waals surface area (Å²) in [6, 6.07) is 17.5. The first-order chi connectivity index (χ1) is 8.81. The molecule has 0 aliphatic rings. The number of nitrogens with one attached hydrogen (secondary N) is 1. The van der Waals surface area contributed by atoms with E-state index in [0.29, 0.717) is 10.6 Å². The molecule has 0 radical (unpaired) electrons. The predicted octanol–water partition coefficient (Wildman–Crippen LogP) is 4.36. The van der Waals surface area contributed by atoms with Crippen LogP contribution in [0.3, 0.4) is 0 Å². The van der Waals surface area contributed by atoms with Crippen LogP contribution in [-0.2, 0) is 0 Å². The molecule has 0 aliphatic carbocycles. The van der Waals surface area contributed by atoms with Gasteiger partial charge in [-0.1, -0.05) is 48.0 Å². The topological polar surface area (TPSA) is 39.6 Å². The lowest BCUT2D eigenvalue weighted by atomic mass is 10.1. The molecule has 0 amide bonds. The fraction of sp³-hybridized carbons (Fsp3) is 0. The van der Waals surface area contributed by atoms with Crippen LogP contribution in [0.1, 0.15) is 5.56 Å². The zero-order valence-corrected chi connectivity index (χ0v) is 10.2. The summed E-state index contributed by atoms with van der Waals surface area (Å²) in [5.74, 6) is 0. The van der Waals surface area contributed by atoms with E-state index in [2.05, 4.69) is 11.1 Å². The van der Waals surface area contributed by atoms with Crippen LogP contribution < -0.4 is 0 Å². The Bertz CT molecular complexity index is 766. The minimum atomic E-state index is 0.638. The number of aromatic amines is 1. The summed E-state index contributed by atoms with van der Waals surface area (Å²) in [5.41, 5.74) is 3.22. The van der Waals surface area contributed by atoms with Crippen LogP contribution in [0, 0.1) is 11.3 Å². The summed E-state index contributed by atoms with van der Waals surface area (Å²) < 4.78 is 0. The molecular weight excluding hydrogens is 244 g/mol. The van der Waals surface area contributed by atoms with Crippen molar-refractivity contribution in [1.29, 1.82) is 5.26 Å². The fourth-order valence-corrected chi connectivity index (χ4v) is 2.35. The van der Waals surface area contributed by atoms with Gasteiger partial charge in [-0.2, -0.15) is 5.26 Å². The zero-order chi connectivity index (χ0) is 12.5. The van der Waals surface area contributed by atoms with Crippen molar-refractivity contribution >= 4 is 22.5 Å². The number of nitriles is 1. The van der Waals surface area contributed by atoms with Gasteiger partial charge in [-0.25, -0.2) is 0 Å². The van der Waals surface area contributed by atoms with Gasteiger partial charge in [-0.3, -0.25) is 0 Å². The van der Waals surface area contributed by atoms with Crippen molar-refractivity contribution in [3.05, 3.63) is 59.1 Å². The number of benzene rings is 2. The smallest absolute Gasteiger partial charge is 0.102 e. The van der Waals surface area contributed by atoms with Gasteiger partial charge in [-0.05, 0) is 12.1 Å². The summed E-state index contributed by atoms with van der Waals surface area (Å²) in [7, 11) is 0. The number of halogens is 1. The number of nitrogens with zero attached hydrogens (tertiary/aromatic N) is 1. The molecule has 2 aromatic carbocycles. The van der Waals surface area contributed by atoms with Crippen molar-refractivity contribution in [2.75, 3.05) is 0 Å². The summed E-state index contributed by atoms with van der Waals surface area (Å²) in [6.45, 7) is 0. The van der Waals surface area contributed by atoms with Gasteiger partial charge in [0, 0.05) is 21.5 Å². The van der Waals surface area contributed by atoms with Crippen molar-refractivity contribution in [3.63, 3.8) is 0 Å². The van der Waals surface area contributed by atoms with Gasteiger partial charge in [0.05, 0.1) is 11.3 Å². The average molecular weight is 253 g/mol. The van der Waals surface area contributed by atoms with E-state index < -0.39 is 0 Å². The third kappa shape index (κ3) is 1.57. The molecule has 2 nitrogen and oxygen atoms in total. The highest BCUT2D eigenvalue weighted by atomic mass is 35.5. The maximum Gasteiger partial charge on any atom is 0.102 e. The zero-order valence-electron chi connectivity index (χ0n) is 9.44. The summed E-state index contributed by atoms with van der Waals surface area (Å²) in [4.78, 5) is 3.27. The number of hydrogen-bond acceptors (Lipinski definition) is 1. The molecule has 18 heavy (non-hydrogen) atoms. The second-order valence-electron chi connectivity index (χ2n) is 4.01. The maximum absolute atomic E-state index is 9.34. The van der Waals surface area contributed by atoms with Crippen LogP contribution in [0.4, 0.5) is 0 Å². The Labute approximate surface area is 109 Å². The van der Waals surface area contributed by atoms with E-state index in [1.165, 1.54) is 0 Å². The second kappa shape index (κ2) is 4.21. The highest BCUT2D eigenvalue weighted by molar-refractivity contribution is 6.33. The lowest BCUT2D eigenvalue weighted by molar-refractivity contribution is 1.43. The first kappa shape index (κ1) is 10.9. The van der Waals surface area contributed by atoms with Crippen LogP contribution in [-0.4, -0.2) is 4.98 Å². The highest BCUT2D eigenvalue weighted by Gasteiger charge is 2.14. The molecule has 0 unspecified atom stereocenters. The first-order valence-corrected chi connectivity index (χ1v) is 5.95. The molecule has 86 valence electrons. The Morgan fingerprint density at radius 1 is 1.00 bits per heavy atom. The second-order valence-corrected chi connectivity index (χ2v) is 4.42. The Balaban J connectivity index is 2.37. The Hall–Kier alpha value is -2.24. The van der Waals surface area contributed by atoms with E-state index in [1.54, 1.807) is 0 Å². The normalized spacial score (nSPS) is 10.4. The number of hydrogen-bond donors (Lipinski definition) is 1. The first-order valence-electron chi connectivity index (χ1n) is 5.57. The van der Waals surface area contributed by atoms with Crippen LogP contribution in [0.15, 0.2) is 48.5 Å². The van der Waals surface area contributed by atoms with E-state index in [4.69, 9.17) is 11.6 Å². The fourth-order valence-electron chi connectivity index (χ4n) is 2.12. The third-order valence-electron chi connectivity index (χ3n) is 2.96. The number of rotatable bonds is 1. The largest absolute Gasteiger partial charge is 0.353 e. The van der Waals surface area contributed by atoms with Crippen LogP contribution in [0.5, 0.6) is 0 Å². The molecule has 1 aromatic heterocycles. The summed E-state index contributed by atoms with van der Waals surface area (Å²) in [6.07, 6.45) is 0. The summed E-state index contributed by atoms with van der Waals surface area (Å²) in [5, 5.41) is 10.9. The Kier molecular flexibility index (Phi) is 2.55. The van der Waals surface area contributed by atoms with Gasteiger partial charge in [0.25, 0.3) is 0 Å². The van der Waals surface area contributed by atoms with E-state index in [0.717, 1.165) is 22.2 Å². The molecular formula is C15H9ClN2. The number of H-pyrrole nitrogens is 1. The van der Waals surface area contributed by atoms with Gasteiger partial charge in [0.1, 0.15) is 6.07 Å². The molecule has 3 heteroatoms. The molecule has 3 aromatic rings. The van der Waals surface area contributed by atoms with Crippen LogP contribution in [0.25, 0.3) is 22.2 Å². The molecule has 1 N–H and O–H groups in total. The molecule has 0 saturated carbocycles. The maximum atomic E-state index is 9.34. The summed E-state index contributed by atoms with van der Waals surface area (Å²) >= 11 is 6.19. The van der Waals surface area contributed by atoms with Crippen molar-refractivity contribution in [1.82, 2.24) is 4.98 Å². The van der Waals surface area contributed by atoms with E-state index in [-0.39, 0.29) is 0 Å². The van der Waals surface area contributed by atoms with Crippen molar-refractivity contribution in [2.45, 2.75) is 0 Å². The number of aromatic nitrogens is 1. The van der Waals surface area contributed by atoms with Gasteiger partial charge >= 0.3 is 0 Å². The van der Waals surface area contributed by atoms with Crippen molar-refractivity contribution < 1.29 is 0 Å². The molecule has 0 fully saturated rings. The van der Waals surface area contributed by atoms with E-state index in [1.807, 2.05) is 48.5 Å². The van der Waals surface area contributed by atoms with Crippen molar-refractivity contribution in [3.8, 4) is 17.3 Å². The van der Waals surface area contributed by atoms with Gasteiger partial charge in [-0.15, -0.1) is 0 Å². The van der Waals surface area contributed by atoms with Crippen LogP contribution in [0.2, 0.25) is 5.02 Å². The molecule has 1 heterocycles.